The van der Waals surface area contributed by atoms with Crippen LogP contribution in [0.5, 0.6) is 5.75 Å². The third-order valence-electron chi connectivity index (χ3n) is 3.26. The first-order valence-electron chi connectivity index (χ1n) is 7.51. The Hall–Kier alpha value is -3.59. The van der Waals surface area contributed by atoms with E-state index in [4.69, 9.17) is 4.74 Å². The summed E-state index contributed by atoms with van der Waals surface area (Å²) in [6, 6.07) is 14.4. The zero-order chi connectivity index (χ0) is 18.2. The number of carbonyl (C=O) groups is 2. The minimum atomic E-state index is -1.30. The number of nitriles is 1. The zero-order valence-corrected chi connectivity index (χ0v) is 13.5. The van der Waals surface area contributed by atoms with Crippen LogP contribution in [0.25, 0.3) is 6.08 Å². The van der Waals surface area contributed by atoms with Crippen LogP contribution in [0.1, 0.15) is 22.8 Å². The standard InChI is InChI=1S/C19H16N2O4/c1-2-25-17-6-4-3-5-14(17)11-15(12-20)18(22)21-16-9-7-13(8-10-16)19(23)24/h3-11H,2H2,1H3,(H,21,22)(H,23,24)/p-1/b15-11-. The van der Waals surface area contributed by atoms with Crippen molar-refractivity contribution in [3.05, 3.63) is 65.2 Å². The van der Waals surface area contributed by atoms with Crippen LogP contribution in [0.15, 0.2) is 54.1 Å². The molecule has 126 valence electrons. The van der Waals surface area contributed by atoms with Gasteiger partial charge in [0, 0.05) is 11.3 Å². The summed E-state index contributed by atoms with van der Waals surface area (Å²) in [5, 5.41) is 22.5. The SMILES string of the molecule is CCOc1ccccc1/C=C(/C#N)C(=O)Nc1ccc(C(=O)[O-])cc1. The van der Waals surface area contributed by atoms with E-state index in [9.17, 15) is 20.0 Å². The number of ether oxygens (including phenoxy) is 1. The van der Waals surface area contributed by atoms with Crippen molar-refractivity contribution < 1.29 is 19.4 Å². The number of nitrogens with one attached hydrogen (secondary N) is 1. The molecule has 6 heteroatoms. The fourth-order valence-electron chi connectivity index (χ4n) is 2.08. The van der Waals surface area contributed by atoms with Crippen molar-refractivity contribution in [3.8, 4) is 11.8 Å². The topological polar surface area (TPSA) is 102 Å². The second kappa shape index (κ2) is 8.31. The highest BCUT2D eigenvalue weighted by Gasteiger charge is 2.11. The molecule has 0 radical (unpaired) electrons. The van der Waals surface area contributed by atoms with E-state index in [2.05, 4.69) is 5.32 Å². The second-order valence-corrected chi connectivity index (χ2v) is 4.96. The molecular formula is C19H15N2O4-. The van der Waals surface area contributed by atoms with Crippen molar-refractivity contribution in [1.82, 2.24) is 0 Å². The van der Waals surface area contributed by atoms with Crippen molar-refractivity contribution in [2.24, 2.45) is 0 Å². The molecule has 0 aliphatic carbocycles. The number of carbonyl (C=O) groups excluding carboxylic acids is 2. The van der Waals surface area contributed by atoms with Crippen LogP contribution in [0.2, 0.25) is 0 Å². The lowest BCUT2D eigenvalue weighted by atomic mass is 10.1. The minimum absolute atomic E-state index is 0.000288. The number of carboxylic acids is 1. The number of hydrogen-bond donors (Lipinski definition) is 1. The van der Waals surface area contributed by atoms with E-state index in [1.165, 1.54) is 30.3 Å². The molecule has 0 spiro atoms. The normalized spacial score (nSPS) is 10.6. The Bertz CT molecular complexity index is 848. The molecule has 1 amide bonds. The van der Waals surface area contributed by atoms with Gasteiger partial charge in [-0.05, 0) is 36.8 Å². The molecule has 2 rings (SSSR count). The van der Waals surface area contributed by atoms with Gasteiger partial charge in [-0.3, -0.25) is 4.79 Å². The van der Waals surface area contributed by atoms with Crippen LogP contribution in [0, 0.1) is 11.3 Å². The Balaban J connectivity index is 2.21. The van der Waals surface area contributed by atoms with Gasteiger partial charge >= 0.3 is 0 Å². The highest BCUT2D eigenvalue weighted by molar-refractivity contribution is 6.09. The molecule has 1 N–H and O–H groups in total. The molecule has 0 heterocycles. The third kappa shape index (κ3) is 4.69. The summed E-state index contributed by atoms with van der Waals surface area (Å²) >= 11 is 0. The summed E-state index contributed by atoms with van der Waals surface area (Å²) in [6.45, 7) is 2.30. The van der Waals surface area contributed by atoms with E-state index in [1.54, 1.807) is 24.3 Å². The van der Waals surface area contributed by atoms with Crippen LogP contribution in [0.4, 0.5) is 5.69 Å². The summed E-state index contributed by atoms with van der Waals surface area (Å²) in [5.74, 6) is -1.33. The molecule has 2 aromatic carbocycles. The first-order chi connectivity index (χ1) is 12.0. The van der Waals surface area contributed by atoms with E-state index in [1.807, 2.05) is 13.0 Å². The Morgan fingerprint density at radius 1 is 1.20 bits per heavy atom. The number of benzene rings is 2. The first kappa shape index (κ1) is 17.8. The molecular weight excluding hydrogens is 320 g/mol. The van der Waals surface area contributed by atoms with E-state index in [0.29, 0.717) is 23.6 Å². The maximum Gasteiger partial charge on any atom is 0.266 e. The summed E-state index contributed by atoms with van der Waals surface area (Å²) in [4.78, 5) is 23.0. The molecule has 0 unspecified atom stereocenters. The van der Waals surface area contributed by atoms with E-state index in [-0.39, 0.29) is 11.1 Å². The van der Waals surface area contributed by atoms with Gasteiger partial charge in [0.1, 0.15) is 17.4 Å². The van der Waals surface area contributed by atoms with Crippen molar-refractivity contribution in [1.29, 1.82) is 5.26 Å². The number of aromatic carboxylic acids is 1. The van der Waals surface area contributed by atoms with Crippen LogP contribution in [-0.4, -0.2) is 18.5 Å². The van der Waals surface area contributed by atoms with Gasteiger partial charge in [0.25, 0.3) is 5.91 Å². The number of para-hydroxylation sites is 1. The highest BCUT2D eigenvalue weighted by Crippen LogP contribution is 2.21. The average Bonchev–Trinajstić information content (AvgIpc) is 2.61. The van der Waals surface area contributed by atoms with Gasteiger partial charge in [-0.15, -0.1) is 0 Å². The van der Waals surface area contributed by atoms with Crippen molar-refractivity contribution in [2.75, 3.05) is 11.9 Å². The summed E-state index contributed by atoms with van der Waals surface area (Å²) < 4.78 is 5.47. The van der Waals surface area contributed by atoms with Gasteiger partial charge in [-0.25, -0.2) is 0 Å². The molecule has 0 fully saturated rings. The van der Waals surface area contributed by atoms with Crippen molar-refractivity contribution in [3.63, 3.8) is 0 Å². The largest absolute Gasteiger partial charge is 0.545 e. The Kier molecular flexibility index (Phi) is 5.91. The zero-order valence-electron chi connectivity index (χ0n) is 13.5. The number of amides is 1. The first-order valence-corrected chi connectivity index (χ1v) is 7.51. The van der Waals surface area contributed by atoms with Crippen LogP contribution >= 0.6 is 0 Å². The molecule has 0 saturated heterocycles. The Labute approximate surface area is 145 Å². The number of anilines is 1. The maximum atomic E-state index is 12.3. The smallest absolute Gasteiger partial charge is 0.266 e. The highest BCUT2D eigenvalue weighted by atomic mass is 16.5. The van der Waals surface area contributed by atoms with E-state index < -0.39 is 11.9 Å². The fourth-order valence-corrected chi connectivity index (χ4v) is 2.08. The van der Waals surface area contributed by atoms with Crippen LogP contribution in [-0.2, 0) is 4.79 Å². The molecule has 0 saturated carbocycles. The summed E-state index contributed by atoms with van der Waals surface area (Å²) in [7, 11) is 0. The van der Waals surface area contributed by atoms with Gasteiger partial charge < -0.3 is 20.0 Å². The molecule has 2 aromatic rings. The quantitative estimate of drug-likeness (QED) is 0.642. The Morgan fingerprint density at radius 2 is 1.88 bits per heavy atom. The van der Waals surface area contributed by atoms with Crippen molar-refractivity contribution in [2.45, 2.75) is 6.92 Å². The summed E-state index contributed by atoms with van der Waals surface area (Å²) in [5.41, 5.74) is 0.883. The van der Waals surface area contributed by atoms with Gasteiger partial charge in [-0.1, -0.05) is 30.3 Å². The van der Waals surface area contributed by atoms with Crippen molar-refractivity contribution >= 4 is 23.6 Å². The lowest BCUT2D eigenvalue weighted by molar-refractivity contribution is -0.255. The van der Waals surface area contributed by atoms with E-state index >= 15 is 0 Å². The predicted octanol–water partition coefficient (Wildman–Crippen LogP) is 1.99. The lowest BCUT2D eigenvalue weighted by Gasteiger charge is -2.08. The van der Waals surface area contributed by atoms with Gasteiger partial charge in [0.2, 0.25) is 0 Å². The number of hydrogen-bond acceptors (Lipinski definition) is 5. The second-order valence-electron chi connectivity index (χ2n) is 4.96. The van der Waals surface area contributed by atoms with E-state index in [0.717, 1.165) is 0 Å². The summed E-state index contributed by atoms with van der Waals surface area (Å²) in [6.07, 6.45) is 1.44. The van der Waals surface area contributed by atoms with Gasteiger partial charge in [0.15, 0.2) is 0 Å². The molecule has 25 heavy (non-hydrogen) atoms. The number of nitrogens with zero attached hydrogens (tertiary/aromatic N) is 1. The fraction of sp³-hybridized carbons (Fsp3) is 0.105. The van der Waals surface area contributed by atoms with Crippen LogP contribution in [0.3, 0.4) is 0 Å². The van der Waals surface area contributed by atoms with Gasteiger partial charge in [-0.2, -0.15) is 5.26 Å². The monoisotopic (exact) mass is 335 g/mol. The predicted molar refractivity (Wildman–Crippen MR) is 90.6 cm³/mol. The molecule has 0 atom stereocenters. The minimum Gasteiger partial charge on any atom is -0.545 e. The third-order valence-corrected chi connectivity index (χ3v) is 3.26. The van der Waals surface area contributed by atoms with Crippen LogP contribution < -0.4 is 15.2 Å². The molecule has 0 aliphatic heterocycles. The number of carboxylic acid groups (broad SMARTS) is 1. The molecule has 0 aliphatic rings. The average molecular weight is 335 g/mol. The molecule has 6 nitrogen and oxygen atoms in total. The number of rotatable bonds is 6. The van der Waals surface area contributed by atoms with Gasteiger partial charge in [0.05, 0.1) is 12.6 Å². The Morgan fingerprint density at radius 3 is 2.48 bits per heavy atom. The lowest BCUT2D eigenvalue weighted by Crippen LogP contribution is -2.22. The maximum absolute atomic E-state index is 12.3. The molecule has 0 bridgehead atoms. The molecule has 0 aromatic heterocycles.